The molecule has 0 spiro atoms. The highest BCUT2D eigenvalue weighted by atomic mass is 35.5. The predicted molar refractivity (Wildman–Crippen MR) is 37.8 cm³/mol. The van der Waals surface area contributed by atoms with Crippen molar-refractivity contribution >= 4 is 11.6 Å². The van der Waals surface area contributed by atoms with Crippen LogP contribution in [0.3, 0.4) is 0 Å². The van der Waals surface area contributed by atoms with E-state index in [1.54, 1.807) is 6.92 Å². The van der Waals surface area contributed by atoms with Crippen molar-refractivity contribution in [3.05, 3.63) is 28.5 Å². The lowest BCUT2D eigenvalue weighted by Gasteiger charge is -1.98. The molecule has 0 aliphatic carbocycles. The predicted octanol–water partition coefficient (Wildman–Crippen LogP) is 2.49. The summed E-state index contributed by atoms with van der Waals surface area (Å²) in [6, 6.07) is 2.78. The van der Waals surface area contributed by atoms with Crippen LogP contribution in [0.1, 0.15) is 5.56 Å². The van der Waals surface area contributed by atoms with Crippen molar-refractivity contribution < 1.29 is 9.50 Å². The van der Waals surface area contributed by atoms with Crippen molar-refractivity contribution in [2.75, 3.05) is 0 Å². The largest absolute Gasteiger partial charge is 0.505 e. The molecule has 0 aliphatic heterocycles. The van der Waals surface area contributed by atoms with Crippen LogP contribution in [0.5, 0.6) is 5.75 Å². The molecule has 0 atom stereocenters. The van der Waals surface area contributed by atoms with Crippen molar-refractivity contribution in [3.63, 3.8) is 0 Å². The number of hydrogen-bond acceptors (Lipinski definition) is 1. The molecule has 0 heterocycles. The highest BCUT2D eigenvalue weighted by Crippen LogP contribution is 2.24. The topological polar surface area (TPSA) is 20.2 Å². The van der Waals surface area contributed by atoms with Crippen LogP contribution in [-0.4, -0.2) is 5.11 Å². The number of phenolic OH excluding ortho intramolecular Hbond substituents is 1. The van der Waals surface area contributed by atoms with Crippen LogP contribution in [0.4, 0.5) is 4.39 Å². The first-order valence-electron chi connectivity index (χ1n) is 2.76. The molecule has 0 fully saturated rings. The number of aryl methyl sites for hydroxylation is 1. The molecule has 0 amide bonds. The Kier molecular flexibility index (Phi) is 1.81. The smallest absolute Gasteiger partial charge is 0.183 e. The fraction of sp³-hybridized carbons (Fsp3) is 0.143. The zero-order valence-corrected chi connectivity index (χ0v) is 6.11. The van der Waals surface area contributed by atoms with Gasteiger partial charge in [0.25, 0.3) is 0 Å². The zero-order chi connectivity index (χ0) is 7.72. The van der Waals surface area contributed by atoms with Crippen LogP contribution in [0.15, 0.2) is 12.1 Å². The molecule has 0 saturated carbocycles. The number of aromatic hydroxyl groups is 1. The molecular weight excluding hydrogens is 155 g/mol. The first kappa shape index (κ1) is 7.35. The van der Waals surface area contributed by atoms with Gasteiger partial charge in [-0.25, -0.2) is 4.39 Å². The molecule has 1 aromatic rings. The number of hydrogen-bond donors (Lipinski definition) is 1. The maximum atomic E-state index is 12.5. The lowest BCUT2D eigenvalue weighted by molar-refractivity contribution is 0.432. The summed E-state index contributed by atoms with van der Waals surface area (Å²) in [6.45, 7) is 1.73. The summed E-state index contributed by atoms with van der Waals surface area (Å²) in [4.78, 5) is 0. The fourth-order valence-corrected chi connectivity index (χ4v) is 0.975. The molecule has 54 valence electrons. The van der Waals surface area contributed by atoms with Gasteiger partial charge in [-0.3, -0.25) is 0 Å². The Balaban J connectivity index is 3.31. The van der Waals surface area contributed by atoms with Gasteiger partial charge in [-0.1, -0.05) is 11.6 Å². The SMILES string of the molecule is Cc1cc(O)c(F)c(Cl)c1. The van der Waals surface area contributed by atoms with Gasteiger partial charge in [-0.2, -0.15) is 0 Å². The Bertz CT molecular complexity index is 237. The average Bonchev–Trinajstić information content (AvgIpc) is 1.82. The van der Waals surface area contributed by atoms with E-state index in [-0.39, 0.29) is 5.02 Å². The Morgan fingerprint density at radius 2 is 2.10 bits per heavy atom. The van der Waals surface area contributed by atoms with Gasteiger partial charge in [0.15, 0.2) is 11.6 Å². The number of phenols is 1. The Labute approximate surface area is 63.1 Å². The van der Waals surface area contributed by atoms with Crippen LogP contribution in [0, 0.1) is 12.7 Å². The molecule has 0 aliphatic rings. The summed E-state index contributed by atoms with van der Waals surface area (Å²) in [5.74, 6) is -1.16. The Morgan fingerprint density at radius 3 is 2.60 bits per heavy atom. The minimum absolute atomic E-state index is 0.0440. The summed E-state index contributed by atoms with van der Waals surface area (Å²) < 4.78 is 12.5. The van der Waals surface area contributed by atoms with Crippen LogP contribution >= 0.6 is 11.6 Å². The van der Waals surface area contributed by atoms with E-state index in [2.05, 4.69) is 0 Å². The van der Waals surface area contributed by atoms with E-state index < -0.39 is 11.6 Å². The second kappa shape index (κ2) is 2.46. The van der Waals surface area contributed by atoms with E-state index >= 15 is 0 Å². The van der Waals surface area contributed by atoms with Gasteiger partial charge in [-0.15, -0.1) is 0 Å². The summed E-state index contributed by atoms with van der Waals surface area (Å²) in [7, 11) is 0. The minimum atomic E-state index is -0.757. The quantitative estimate of drug-likeness (QED) is 0.618. The summed E-state index contributed by atoms with van der Waals surface area (Å²) in [6.07, 6.45) is 0. The van der Waals surface area contributed by atoms with Gasteiger partial charge >= 0.3 is 0 Å². The van der Waals surface area contributed by atoms with E-state index in [9.17, 15) is 4.39 Å². The molecule has 3 heteroatoms. The molecule has 0 aromatic heterocycles. The van der Waals surface area contributed by atoms with E-state index in [4.69, 9.17) is 16.7 Å². The highest BCUT2D eigenvalue weighted by molar-refractivity contribution is 6.30. The van der Waals surface area contributed by atoms with Crippen molar-refractivity contribution in [2.45, 2.75) is 6.92 Å². The molecule has 1 N–H and O–H groups in total. The third-order valence-electron chi connectivity index (χ3n) is 1.15. The van der Waals surface area contributed by atoms with E-state index in [0.717, 1.165) is 5.56 Å². The number of rotatable bonds is 0. The van der Waals surface area contributed by atoms with Gasteiger partial charge in [0.2, 0.25) is 0 Å². The van der Waals surface area contributed by atoms with Gasteiger partial charge in [0.1, 0.15) is 0 Å². The van der Waals surface area contributed by atoms with Gasteiger partial charge in [0, 0.05) is 0 Å². The monoisotopic (exact) mass is 160 g/mol. The molecule has 1 aromatic carbocycles. The van der Waals surface area contributed by atoms with Crippen LogP contribution < -0.4 is 0 Å². The minimum Gasteiger partial charge on any atom is -0.505 e. The molecule has 1 rings (SSSR count). The number of halogens is 2. The first-order valence-corrected chi connectivity index (χ1v) is 3.13. The van der Waals surface area contributed by atoms with Crippen molar-refractivity contribution in [3.8, 4) is 5.75 Å². The summed E-state index contributed by atoms with van der Waals surface area (Å²) in [5, 5.41) is 8.78. The normalized spacial score (nSPS) is 9.90. The molecule has 0 bridgehead atoms. The third-order valence-corrected chi connectivity index (χ3v) is 1.43. The Morgan fingerprint density at radius 1 is 1.50 bits per heavy atom. The van der Waals surface area contributed by atoms with Crippen molar-refractivity contribution in [1.82, 2.24) is 0 Å². The summed E-state index contributed by atoms with van der Waals surface area (Å²) in [5.41, 5.74) is 0.740. The fourth-order valence-electron chi connectivity index (χ4n) is 0.706. The second-order valence-electron chi connectivity index (χ2n) is 2.08. The standard InChI is InChI=1S/C7H6ClFO/c1-4-2-5(8)7(9)6(10)3-4/h2-3,10H,1H3. The molecule has 0 radical (unpaired) electrons. The molecule has 0 saturated heterocycles. The third kappa shape index (κ3) is 1.21. The first-order chi connectivity index (χ1) is 4.61. The maximum absolute atomic E-state index is 12.5. The molecule has 10 heavy (non-hydrogen) atoms. The van der Waals surface area contributed by atoms with Crippen molar-refractivity contribution in [1.29, 1.82) is 0 Å². The Hall–Kier alpha value is -0.760. The average molecular weight is 161 g/mol. The van der Waals surface area contributed by atoms with Gasteiger partial charge in [-0.05, 0) is 24.6 Å². The van der Waals surface area contributed by atoms with E-state index in [1.165, 1.54) is 12.1 Å². The van der Waals surface area contributed by atoms with Gasteiger partial charge < -0.3 is 5.11 Å². The van der Waals surface area contributed by atoms with E-state index in [0.29, 0.717) is 0 Å². The van der Waals surface area contributed by atoms with Crippen LogP contribution in [0.25, 0.3) is 0 Å². The van der Waals surface area contributed by atoms with Gasteiger partial charge in [0.05, 0.1) is 5.02 Å². The molecule has 1 nitrogen and oxygen atoms in total. The lowest BCUT2D eigenvalue weighted by Crippen LogP contribution is -1.79. The van der Waals surface area contributed by atoms with Crippen LogP contribution in [-0.2, 0) is 0 Å². The maximum Gasteiger partial charge on any atom is 0.183 e. The molecular formula is C7H6ClFO. The lowest BCUT2D eigenvalue weighted by atomic mass is 10.2. The number of benzene rings is 1. The summed E-state index contributed by atoms with van der Waals surface area (Å²) >= 11 is 5.38. The highest BCUT2D eigenvalue weighted by Gasteiger charge is 2.04. The van der Waals surface area contributed by atoms with E-state index in [1.807, 2.05) is 0 Å². The molecule has 0 unspecified atom stereocenters. The van der Waals surface area contributed by atoms with Crippen LogP contribution in [0.2, 0.25) is 5.02 Å². The van der Waals surface area contributed by atoms with Crippen molar-refractivity contribution in [2.24, 2.45) is 0 Å². The second-order valence-corrected chi connectivity index (χ2v) is 2.49. The zero-order valence-electron chi connectivity index (χ0n) is 5.36.